The predicted molar refractivity (Wildman–Crippen MR) is 42.8 cm³/mol. The van der Waals surface area contributed by atoms with Gasteiger partial charge in [-0.1, -0.05) is 6.08 Å². The highest BCUT2D eigenvalue weighted by atomic mass is 16.3. The Kier molecular flexibility index (Phi) is 10.6. The summed E-state index contributed by atoms with van der Waals surface area (Å²) in [5.41, 5.74) is 5.45. The fraction of sp³-hybridized carbons (Fsp3) is 0.571. The lowest BCUT2D eigenvalue weighted by Gasteiger charge is -1.85. The number of hydrogen-bond donors (Lipinski definition) is 3. The van der Waals surface area contributed by atoms with Crippen LogP contribution in [0.4, 0.5) is 0 Å². The summed E-state index contributed by atoms with van der Waals surface area (Å²) < 4.78 is 0. The van der Waals surface area contributed by atoms with Crippen LogP contribution in [-0.4, -0.2) is 29.3 Å². The molecular formula is C7H15NO3. The van der Waals surface area contributed by atoms with Crippen molar-refractivity contribution in [2.45, 2.75) is 13.8 Å². The fourth-order valence-corrected chi connectivity index (χ4v) is 0.142. The van der Waals surface area contributed by atoms with E-state index in [0.717, 1.165) is 0 Å². The Balaban J connectivity index is 0. The zero-order valence-corrected chi connectivity index (χ0v) is 6.87. The van der Waals surface area contributed by atoms with Crippen molar-refractivity contribution in [3.63, 3.8) is 0 Å². The quantitative estimate of drug-likeness (QED) is 0.473. The first-order valence-corrected chi connectivity index (χ1v) is 3.24. The zero-order chi connectivity index (χ0) is 9.28. The third-order valence-electron chi connectivity index (χ3n) is 0.922. The van der Waals surface area contributed by atoms with Gasteiger partial charge in [0.1, 0.15) is 0 Å². The second-order valence-corrected chi connectivity index (χ2v) is 1.78. The molecule has 0 unspecified atom stereocenters. The van der Waals surface area contributed by atoms with Crippen molar-refractivity contribution < 1.29 is 15.0 Å². The Hall–Kier alpha value is -0.870. The van der Waals surface area contributed by atoms with Gasteiger partial charge in [0, 0.05) is 5.57 Å². The molecule has 0 spiro atoms. The number of amides is 1. The van der Waals surface area contributed by atoms with Crippen LogP contribution in [0.25, 0.3) is 0 Å². The lowest BCUT2D eigenvalue weighted by Crippen LogP contribution is -2.10. The number of aliphatic hydroxyl groups is 2. The van der Waals surface area contributed by atoms with Crippen LogP contribution in [0.2, 0.25) is 0 Å². The van der Waals surface area contributed by atoms with Crippen molar-refractivity contribution in [3.05, 3.63) is 11.6 Å². The summed E-state index contributed by atoms with van der Waals surface area (Å²) in [6, 6.07) is 0. The monoisotopic (exact) mass is 161 g/mol. The topological polar surface area (TPSA) is 83.6 Å². The van der Waals surface area contributed by atoms with Gasteiger partial charge in [-0.05, 0) is 13.8 Å². The molecule has 0 atom stereocenters. The molecule has 4 heteroatoms. The van der Waals surface area contributed by atoms with Crippen molar-refractivity contribution in [2.75, 3.05) is 13.2 Å². The second kappa shape index (κ2) is 9.13. The van der Waals surface area contributed by atoms with Crippen LogP contribution in [0.3, 0.4) is 0 Å². The van der Waals surface area contributed by atoms with Crippen molar-refractivity contribution in [1.82, 2.24) is 0 Å². The third-order valence-corrected chi connectivity index (χ3v) is 0.922. The second-order valence-electron chi connectivity index (χ2n) is 1.78. The summed E-state index contributed by atoms with van der Waals surface area (Å²) in [7, 11) is 0. The Labute approximate surface area is 66.3 Å². The van der Waals surface area contributed by atoms with Gasteiger partial charge in [-0.15, -0.1) is 0 Å². The minimum Gasteiger partial charge on any atom is -0.394 e. The highest BCUT2D eigenvalue weighted by Gasteiger charge is 1.90. The summed E-state index contributed by atoms with van der Waals surface area (Å²) in [5.74, 6) is -0.345. The molecule has 0 radical (unpaired) electrons. The van der Waals surface area contributed by atoms with Crippen molar-refractivity contribution >= 4 is 5.91 Å². The minimum absolute atomic E-state index is 0.125. The van der Waals surface area contributed by atoms with Crippen LogP contribution < -0.4 is 5.73 Å². The highest BCUT2D eigenvalue weighted by Crippen LogP contribution is 1.85. The van der Waals surface area contributed by atoms with Gasteiger partial charge in [-0.3, -0.25) is 4.79 Å². The minimum atomic E-state index is -0.345. The molecule has 0 saturated heterocycles. The molecular weight excluding hydrogens is 146 g/mol. The van der Waals surface area contributed by atoms with Crippen LogP contribution in [-0.2, 0) is 4.79 Å². The van der Waals surface area contributed by atoms with Crippen LogP contribution in [0.5, 0.6) is 0 Å². The first-order valence-electron chi connectivity index (χ1n) is 3.24. The molecule has 0 aliphatic heterocycles. The van der Waals surface area contributed by atoms with Crippen molar-refractivity contribution in [1.29, 1.82) is 0 Å². The molecule has 0 aliphatic carbocycles. The zero-order valence-electron chi connectivity index (χ0n) is 6.87. The normalized spacial score (nSPS) is 10.0. The van der Waals surface area contributed by atoms with E-state index >= 15 is 0 Å². The van der Waals surface area contributed by atoms with E-state index in [0.29, 0.717) is 5.57 Å². The smallest absolute Gasteiger partial charge is 0.243 e. The van der Waals surface area contributed by atoms with Gasteiger partial charge in [-0.25, -0.2) is 0 Å². The van der Waals surface area contributed by atoms with E-state index in [1.807, 2.05) is 0 Å². The molecule has 0 heterocycles. The van der Waals surface area contributed by atoms with E-state index < -0.39 is 0 Å². The average Bonchev–Trinajstić information content (AvgIpc) is 2.03. The van der Waals surface area contributed by atoms with Gasteiger partial charge in [0.2, 0.25) is 5.91 Å². The molecule has 66 valence electrons. The van der Waals surface area contributed by atoms with E-state index in [2.05, 4.69) is 0 Å². The number of nitrogens with two attached hydrogens (primary N) is 1. The third kappa shape index (κ3) is 12.4. The largest absolute Gasteiger partial charge is 0.394 e. The van der Waals surface area contributed by atoms with Gasteiger partial charge >= 0.3 is 0 Å². The SMILES string of the molecule is C/C=C(\C)C(N)=O.OCCO. The van der Waals surface area contributed by atoms with Gasteiger partial charge in [-0.2, -0.15) is 0 Å². The van der Waals surface area contributed by atoms with E-state index in [1.54, 1.807) is 19.9 Å². The maximum Gasteiger partial charge on any atom is 0.243 e. The van der Waals surface area contributed by atoms with Crippen LogP contribution in [0, 0.1) is 0 Å². The van der Waals surface area contributed by atoms with E-state index in [-0.39, 0.29) is 19.1 Å². The molecule has 0 rings (SSSR count). The molecule has 0 fully saturated rings. The molecule has 0 aromatic heterocycles. The Morgan fingerprint density at radius 2 is 1.82 bits per heavy atom. The summed E-state index contributed by atoms with van der Waals surface area (Å²) in [6.07, 6.45) is 1.68. The van der Waals surface area contributed by atoms with E-state index in [1.165, 1.54) is 0 Å². The van der Waals surface area contributed by atoms with Crippen LogP contribution in [0.15, 0.2) is 11.6 Å². The Morgan fingerprint density at radius 1 is 1.45 bits per heavy atom. The summed E-state index contributed by atoms with van der Waals surface area (Å²) in [6.45, 7) is 3.21. The van der Waals surface area contributed by atoms with Gasteiger partial charge in [0.15, 0.2) is 0 Å². The lowest BCUT2D eigenvalue weighted by molar-refractivity contribution is -0.114. The number of hydrogen-bond acceptors (Lipinski definition) is 3. The molecule has 0 aliphatic rings. The van der Waals surface area contributed by atoms with E-state index in [9.17, 15) is 4.79 Å². The average molecular weight is 161 g/mol. The molecule has 0 aromatic rings. The molecule has 0 bridgehead atoms. The predicted octanol–water partition coefficient (Wildman–Crippen LogP) is -0.591. The molecule has 0 aromatic carbocycles. The van der Waals surface area contributed by atoms with Crippen molar-refractivity contribution in [3.8, 4) is 0 Å². The van der Waals surface area contributed by atoms with Gasteiger partial charge in [0.25, 0.3) is 0 Å². The summed E-state index contributed by atoms with van der Waals surface area (Å²) in [4.78, 5) is 10.1. The number of carbonyl (C=O) groups is 1. The molecule has 4 nitrogen and oxygen atoms in total. The maximum absolute atomic E-state index is 10.1. The number of aliphatic hydroxyl groups excluding tert-OH is 2. The fourth-order valence-electron chi connectivity index (χ4n) is 0.142. The first-order chi connectivity index (χ1) is 5.09. The van der Waals surface area contributed by atoms with Crippen molar-refractivity contribution in [2.24, 2.45) is 5.73 Å². The van der Waals surface area contributed by atoms with E-state index in [4.69, 9.17) is 15.9 Å². The summed E-state index contributed by atoms with van der Waals surface area (Å²) >= 11 is 0. The van der Waals surface area contributed by atoms with Gasteiger partial charge in [0.05, 0.1) is 13.2 Å². The number of primary amides is 1. The Morgan fingerprint density at radius 3 is 1.82 bits per heavy atom. The molecule has 0 saturated carbocycles. The summed E-state index contributed by atoms with van der Waals surface area (Å²) in [5, 5.41) is 15.2. The Bertz CT molecular complexity index is 130. The maximum atomic E-state index is 10.1. The molecule has 1 amide bonds. The molecule has 4 N–H and O–H groups in total. The van der Waals surface area contributed by atoms with Crippen LogP contribution >= 0.6 is 0 Å². The van der Waals surface area contributed by atoms with Crippen LogP contribution in [0.1, 0.15) is 13.8 Å². The standard InChI is InChI=1S/C5H9NO.C2H6O2/c1-3-4(2)5(6)7;3-1-2-4/h3H,1-2H3,(H2,6,7);3-4H,1-2H2/b4-3+;. The highest BCUT2D eigenvalue weighted by molar-refractivity contribution is 5.91. The van der Waals surface area contributed by atoms with Gasteiger partial charge < -0.3 is 15.9 Å². The molecule has 11 heavy (non-hydrogen) atoms. The lowest BCUT2D eigenvalue weighted by atomic mass is 10.3. The number of allylic oxidation sites excluding steroid dienone is 1. The number of carbonyl (C=O) groups excluding carboxylic acids is 1. The number of rotatable bonds is 2. The first kappa shape index (κ1) is 12.8.